The van der Waals surface area contributed by atoms with Gasteiger partial charge in [0.05, 0.1) is 30.0 Å². The molecule has 2 N–H and O–H groups in total. The summed E-state index contributed by atoms with van der Waals surface area (Å²) >= 11 is 0. The highest BCUT2D eigenvalue weighted by Crippen LogP contribution is 2.27. The minimum absolute atomic E-state index is 0.0930. The Balaban J connectivity index is 1.32. The minimum Gasteiger partial charge on any atom is -0.391 e. The van der Waals surface area contributed by atoms with Gasteiger partial charge in [0.25, 0.3) is 0 Å². The summed E-state index contributed by atoms with van der Waals surface area (Å²) in [6.07, 6.45) is 8.79. The first-order chi connectivity index (χ1) is 12.3. The quantitative estimate of drug-likeness (QED) is 0.710. The van der Waals surface area contributed by atoms with E-state index in [4.69, 9.17) is 0 Å². The van der Waals surface area contributed by atoms with E-state index in [1.807, 2.05) is 42.9 Å². The van der Waals surface area contributed by atoms with Gasteiger partial charge in [0.15, 0.2) is 0 Å². The zero-order valence-corrected chi connectivity index (χ0v) is 13.9. The molecule has 1 aromatic carbocycles. The van der Waals surface area contributed by atoms with Gasteiger partial charge in [0, 0.05) is 31.5 Å². The van der Waals surface area contributed by atoms with Crippen LogP contribution in [0.3, 0.4) is 0 Å². The molecule has 3 aromatic rings. The molecule has 0 radical (unpaired) electrons. The maximum atomic E-state index is 10.3. The number of hydrogen-bond donors (Lipinski definition) is 2. The lowest BCUT2D eigenvalue weighted by Gasteiger charge is -2.15. The van der Waals surface area contributed by atoms with E-state index in [-0.39, 0.29) is 12.1 Å². The van der Waals surface area contributed by atoms with Crippen LogP contribution in [-0.4, -0.2) is 41.8 Å². The number of nitrogens with zero attached hydrogens (tertiary/aromatic N) is 5. The summed E-state index contributed by atoms with van der Waals surface area (Å²) in [6, 6.07) is 9.93. The Bertz CT molecular complexity index is 785. The summed E-state index contributed by atoms with van der Waals surface area (Å²) < 4.78 is 2.07. The summed E-state index contributed by atoms with van der Waals surface area (Å²) in [5, 5.41) is 22.6. The van der Waals surface area contributed by atoms with Crippen LogP contribution in [-0.2, 0) is 13.1 Å². The first kappa shape index (κ1) is 16.0. The number of imidazole rings is 1. The number of aromatic nitrogens is 5. The van der Waals surface area contributed by atoms with Crippen molar-refractivity contribution in [2.75, 3.05) is 0 Å². The van der Waals surface area contributed by atoms with Crippen LogP contribution in [0, 0.1) is 5.92 Å². The molecule has 4 rings (SSSR count). The van der Waals surface area contributed by atoms with Gasteiger partial charge in [-0.3, -0.25) is 0 Å². The lowest BCUT2D eigenvalue weighted by Crippen LogP contribution is -2.35. The molecule has 25 heavy (non-hydrogen) atoms. The molecule has 7 heteroatoms. The van der Waals surface area contributed by atoms with Gasteiger partial charge in [-0.1, -0.05) is 18.2 Å². The monoisotopic (exact) mass is 338 g/mol. The third-order valence-electron chi connectivity index (χ3n) is 4.73. The molecule has 0 spiro atoms. The Kier molecular flexibility index (Phi) is 4.58. The second-order valence-corrected chi connectivity index (χ2v) is 6.61. The Morgan fingerprint density at radius 1 is 1.20 bits per heavy atom. The zero-order valence-electron chi connectivity index (χ0n) is 13.9. The third kappa shape index (κ3) is 3.78. The Hall–Kier alpha value is -2.51. The van der Waals surface area contributed by atoms with E-state index in [0.29, 0.717) is 12.5 Å². The van der Waals surface area contributed by atoms with Crippen molar-refractivity contribution in [3.05, 3.63) is 60.9 Å². The highest BCUT2D eigenvalue weighted by atomic mass is 16.3. The van der Waals surface area contributed by atoms with Crippen LogP contribution < -0.4 is 5.32 Å². The van der Waals surface area contributed by atoms with E-state index in [1.54, 1.807) is 17.2 Å². The van der Waals surface area contributed by atoms with Crippen LogP contribution in [0.1, 0.15) is 18.5 Å². The molecule has 3 atom stereocenters. The van der Waals surface area contributed by atoms with Gasteiger partial charge >= 0.3 is 0 Å². The molecule has 0 aliphatic heterocycles. The maximum absolute atomic E-state index is 10.3. The van der Waals surface area contributed by atoms with Crippen molar-refractivity contribution in [1.29, 1.82) is 0 Å². The first-order valence-corrected chi connectivity index (χ1v) is 8.62. The van der Waals surface area contributed by atoms with Crippen LogP contribution in [0.25, 0.3) is 5.69 Å². The molecular formula is C18H22N6O. The number of hydrogen-bond acceptors (Lipinski definition) is 5. The SMILES string of the molecule is O[C@@H]1CC(Cn2ccnc2)C[C@H]1NCc1cnn(-c2ccccc2)n1. The van der Waals surface area contributed by atoms with Crippen LogP contribution in [0.5, 0.6) is 0 Å². The molecule has 7 nitrogen and oxygen atoms in total. The molecule has 1 saturated carbocycles. The zero-order chi connectivity index (χ0) is 17.1. The third-order valence-corrected chi connectivity index (χ3v) is 4.73. The van der Waals surface area contributed by atoms with E-state index < -0.39 is 0 Å². The molecule has 1 aliphatic carbocycles. The second-order valence-electron chi connectivity index (χ2n) is 6.61. The lowest BCUT2D eigenvalue weighted by atomic mass is 10.1. The van der Waals surface area contributed by atoms with Crippen LogP contribution in [0.15, 0.2) is 55.2 Å². The molecule has 130 valence electrons. The molecule has 1 unspecified atom stereocenters. The molecular weight excluding hydrogens is 316 g/mol. The van der Waals surface area contributed by atoms with Gasteiger partial charge in [-0.25, -0.2) is 4.98 Å². The largest absolute Gasteiger partial charge is 0.391 e. The van der Waals surface area contributed by atoms with E-state index in [9.17, 15) is 5.11 Å². The van der Waals surface area contributed by atoms with Crippen LogP contribution in [0.2, 0.25) is 0 Å². The predicted octanol–water partition coefficient (Wildman–Crippen LogP) is 1.39. The predicted molar refractivity (Wildman–Crippen MR) is 92.9 cm³/mol. The summed E-state index contributed by atoms with van der Waals surface area (Å²) in [4.78, 5) is 5.70. The van der Waals surface area contributed by atoms with Crippen molar-refractivity contribution in [1.82, 2.24) is 29.9 Å². The Labute approximate surface area is 146 Å². The highest BCUT2D eigenvalue weighted by Gasteiger charge is 2.32. The van der Waals surface area contributed by atoms with Gasteiger partial charge in [-0.2, -0.15) is 15.0 Å². The van der Waals surface area contributed by atoms with Crippen molar-refractivity contribution in [3.8, 4) is 5.69 Å². The van der Waals surface area contributed by atoms with Gasteiger partial charge in [0.2, 0.25) is 0 Å². The first-order valence-electron chi connectivity index (χ1n) is 8.62. The number of aliphatic hydroxyl groups is 1. The number of para-hydroxylation sites is 1. The smallest absolute Gasteiger partial charge is 0.0969 e. The minimum atomic E-state index is -0.322. The highest BCUT2D eigenvalue weighted by molar-refractivity contribution is 5.28. The fourth-order valence-electron chi connectivity index (χ4n) is 3.48. The lowest BCUT2D eigenvalue weighted by molar-refractivity contribution is 0.145. The number of benzene rings is 1. The van der Waals surface area contributed by atoms with E-state index in [1.165, 1.54) is 0 Å². The summed E-state index contributed by atoms with van der Waals surface area (Å²) in [5.41, 5.74) is 1.81. The van der Waals surface area contributed by atoms with Crippen molar-refractivity contribution >= 4 is 0 Å². The van der Waals surface area contributed by atoms with E-state index >= 15 is 0 Å². The Morgan fingerprint density at radius 3 is 2.88 bits per heavy atom. The van der Waals surface area contributed by atoms with Crippen molar-refractivity contribution in [2.24, 2.45) is 5.92 Å². The topological polar surface area (TPSA) is 80.8 Å². The fourth-order valence-corrected chi connectivity index (χ4v) is 3.48. The molecule has 1 fully saturated rings. The van der Waals surface area contributed by atoms with E-state index in [2.05, 4.69) is 25.1 Å². The maximum Gasteiger partial charge on any atom is 0.0969 e. The van der Waals surface area contributed by atoms with E-state index in [0.717, 1.165) is 30.8 Å². The molecule has 2 aromatic heterocycles. The van der Waals surface area contributed by atoms with Crippen molar-refractivity contribution in [3.63, 3.8) is 0 Å². The fraction of sp³-hybridized carbons (Fsp3) is 0.389. The summed E-state index contributed by atoms with van der Waals surface area (Å²) in [6.45, 7) is 1.51. The second kappa shape index (κ2) is 7.16. The van der Waals surface area contributed by atoms with Crippen molar-refractivity contribution in [2.45, 2.75) is 38.1 Å². The average molecular weight is 338 g/mol. The van der Waals surface area contributed by atoms with Crippen LogP contribution in [0.4, 0.5) is 0 Å². The van der Waals surface area contributed by atoms with Gasteiger partial charge in [-0.15, -0.1) is 0 Å². The molecule has 0 saturated heterocycles. The normalized spacial score (nSPS) is 23.2. The number of nitrogens with one attached hydrogen (secondary N) is 1. The standard InChI is InChI=1S/C18H22N6O/c25-18-9-14(12-23-7-6-19-13-23)8-17(18)20-10-15-11-21-24(22-15)16-4-2-1-3-5-16/h1-7,11,13-14,17-18,20,25H,8-10,12H2/t14?,17-,18-/m1/s1. The number of aliphatic hydroxyl groups excluding tert-OH is 1. The van der Waals surface area contributed by atoms with Crippen molar-refractivity contribution < 1.29 is 5.11 Å². The Morgan fingerprint density at radius 2 is 2.08 bits per heavy atom. The van der Waals surface area contributed by atoms with Gasteiger partial charge < -0.3 is 15.0 Å². The summed E-state index contributed by atoms with van der Waals surface area (Å²) in [5.74, 6) is 0.460. The van der Waals surface area contributed by atoms with Gasteiger partial charge in [-0.05, 0) is 30.9 Å². The average Bonchev–Trinajstić information content (AvgIpc) is 3.36. The molecule has 2 heterocycles. The van der Waals surface area contributed by atoms with Crippen LogP contribution >= 0.6 is 0 Å². The summed E-state index contributed by atoms with van der Waals surface area (Å²) in [7, 11) is 0. The van der Waals surface area contributed by atoms with Gasteiger partial charge in [0.1, 0.15) is 0 Å². The molecule has 0 amide bonds. The molecule has 0 bridgehead atoms. The molecule has 1 aliphatic rings. The number of rotatable bonds is 6.